The number of ether oxygens (including phenoxy) is 1. The van der Waals surface area contributed by atoms with Gasteiger partial charge in [-0.3, -0.25) is 9.50 Å². The molecule has 0 aliphatic carbocycles. The first kappa shape index (κ1) is 23.5. The summed E-state index contributed by atoms with van der Waals surface area (Å²) < 4.78 is 35.8. The Hall–Kier alpha value is -3.62. The monoisotopic (exact) mass is 478 g/mol. The topological polar surface area (TPSA) is 97.5 Å². The van der Waals surface area contributed by atoms with Crippen molar-refractivity contribution in [3.63, 3.8) is 0 Å². The molecule has 0 radical (unpaired) electrons. The molecule has 0 aliphatic heterocycles. The van der Waals surface area contributed by atoms with E-state index in [9.17, 15) is 13.2 Å². The van der Waals surface area contributed by atoms with Crippen LogP contribution in [0.25, 0.3) is 22.0 Å². The number of amides is 1. The fourth-order valence-corrected chi connectivity index (χ4v) is 4.68. The molecule has 0 atom stereocenters. The number of benzene rings is 3. The Labute approximate surface area is 198 Å². The fraction of sp³-hybridized carbons (Fsp3) is 0.192. The molecular weight excluding hydrogens is 452 g/mol. The van der Waals surface area contributed by atoms with Gasteiger partial charge in [-0.25, -0.2) is 4.79 Å². The number of fused-ring (bicyclic) bond motifs is 1. The van der Waals surface area contributed by atoms with Crippen molar-refractivity contribution in [2.45, 2.75) is 31.8 Å². The predicted octanol–water partition coefficient (Wildman–Crippen LogP) is 6.01. The number of hydrogen-bond acceptors (Lipinski definition) is 5. The van der Waals surface area contributed by atoms with Crippen LogP contribution in [0.15, 0.2) is 77.7 Å². The molecule has 0 saturated carbocycles. The Bertz CT molecular complexity index is 1410. The summed E-state index contributed by atoms with van der Waals surface area (Å²) in [5.41, 5.74) is 3.86. The third kappa shape index (κ3) is 5.13. The lowest BCUT2D eigenvalue weighted by Gasteiger charge is -2.12. The molecule has 0 saturated heterocycles. The Balaban J connectivity index is 1.71. The highest BCUT2D eigenvalue weighted by Gasteiger charge is 2.21. The molecule has 0 unspecified atom stereocenters. The van der Waals surface area contributed by atoms with E-state index in [1.807, 2.05) is 68.4 Å². The SMILES string of the molecule is CCCOS(=O)(=O)c1ccc(C)c(-c2c(NC(=O)OCc3ccccc3)[nH]c3ccccc23)c1. The van der Waals surface area contributed by atoms with Crippen LogP contribution < -0.4 is 5.32 Å². The van der Waals surface area contributed by atoms with Crippen LogP contribution in [0.5, 0.6) is 0 Å². The highest BCUT2D eigenvalue weighted by molar-refractivity contribution is 7.86. The molecule has 1 heterocycles. The molecule has 1 aromatic heterocycles. The highest BCUT2D eigenvalue weighted by Crippen LogP contribution is 2.38. The summed E-state index contributed by atoms with van der Waals surface area (Å²) in [6, 6.07) is 21.8. The fourth-order valence-electron chi connectivity index (χ4n) is 3.66. The van der Waals surface area contributed by atoms with Crippen molar-refractivity contribution < 1.29 is 22.1 Å². The van der Waals surface area contributed by atoms with Gasteiger partial charge >= 0.3 is 6.09 Å². The lowest BCUT2D eigenvalue weighted by Crippen LogP contribution is -2.14. The van der Waals surface area contributed by atoms with Crippen LogP contribution in [0.4, 0.5) is 10.6 Å². The first-order valence-electron chi connectivity index (χ1n) is 11.0. The number of carbonyl (C=O) groups excluding carboxylic acids is 1. The summed E-state index contributed by atoms with van der Waals surface area (Å²) >= 11 is 0. The number of nitrogens with one attached hydrogen (secondary N) is 2. The van der Waals surface area contributed by atoms with Gasteiger partial charge < -0.3 is 9.72 Å². The number of carbonyl (C=O) groups is 1. The Morgan fingerprint density at radius 1 is 1.00 bits per heavy atom. The summed E-state index contributed by atoms with van der Waals surface area (Å²) in [6.07, 6.45) is -0.0381. The van der Waals surface area contributed by atoms with Crippen LogP contribution in [0.1, 0.15) is 24.5 Å². The summed E-state index contributed by atoms with van der Waals surface area (Å²) in [7, 11) is -3.90. The van der Waals surface area contributed by atoms with E-state index >= 15 is 0 Å². The second kappa shape index (κ2) is 10.1. The molecule has 2 N–H and O–H groups in total. The molecule has 4 rings (SSSR count). The van der Waals surface area contributed by atoms with E-state index in [1.54, 1.807) is 12.1 Å². The molecule has 176 valence electrons. The number of aromatic amines is 1. The lowest BCUT2D eigenvalue weighted by atomic mass is 9.99. The molecule has 4 aromatic rings. The quantitative estimate of drug-likeness (QED) is 0.302. The third-order valence-corrected chi connectivity index (χ3v) is 6.66. The van der Waals surface area contributed by atoms with Gasteiger partial charge in [0.2, 0.25) is 0 Å². The average Bonchev–Trinajstić information content (AvgIpc) is 3.20. The normalized spacial score (nSPS) is 11.5. The number of anilines is 1. The molecule has 1 amide bonds. The maximum Gasteiger partial charge on any atom is 0.413 e. The number of para-hydroxylation sites is 1. The Morgan fingerprint density at radius 2 is 1.74 bits per heavy atom. The molecule has 0 bridgehead atoms. The van der Waals surface area contributed by atoms with Crippen LogP contribution in [-0.2, 0) is 25.6 Å². The Morgan fingerprint density at radius 3 is 2.50 bits per heavy atom. The standard InChI is InChI=1S/C26H26N2O5S/c1-3-15-33-34(30,31)20-14-13-18(2)22(16-20)24-21-11-7-8-12-23(21)27-25(24)28-26(29)32-17-19-9-5-4-6-10-19/h4-14,16,27H,3,15,17H2,1-2H3,(H,28,29). The lowest BCUT2D eigenvalue weighted by molar-refractivity contribution is 0.155. The van der Waals surface area contributed by atoms with Gasteiger partial charge in [0, 0.05) is 16.5 Å². The second-order valence-corrected chi connectivity index (χ2v) is 9.48. The molecule has 8 heteroatoms. The molecule has 0 fully saturated rings. The average molecular weight is 479 g/mol. The minimum absolute atomic E-state index is 0.0597. The first-order chi connectivity index (χ1) is 16.4. The first-order valence-corrected chi connectivity index (χ1v) is 12.4. The predicted molar refractivity (Wildman–Crippen MR) is 132 cm³/mol. The largest absolute Gasteiger partial charge is 0.444 e. The zero-order valence-electron chi connectivity index (χ0n) is 19.0. The van der Waals surface area contributed by atoms with Gasteiger partial charge in [0.25, 0.3) is 10.1 Å². The van der Waals surface area contributed by atoms with Gasteiger partial charge in [0.1, 0.15) is 12.4 Å². The van der Waals surface area contributed by atoms with Crippen molar-refractivity contribution in [2.75, 3.05) is 11.9 Å². The zero-order valence-corrected chi connectivity index (χ0v) is 19.8. The maximum absolute atomic E-state index is 12.7. The van der Waals surface area contributed by atoms with Crippen molar-refractivity contribution in [3.05, 3.63) is 83.9 Å². The van der Waals surface area contributed by atoms with Crippen molar-refractivity contribution in [1.82, 2.24) is 4.98 Å². The molecule has 7 nitrogen and oxygen atoms in total. The van der Waals surface area contributed by atoms with Crippen LogP contribution in [0.3, 0.4) is 0 Å². The van der Waals surface area contributed by atoms with Gasteiger partial charge in [-0.1, -0.05) is 61.5 Å². The van der Waals surface area contributed by atoms with Crippen molar-refractivity contribution >= 4 is 32.9 Å². The van der Waals surface area contributed by atoms with E-state index in [0.29, 0.717) is 23.4 Å². The number of rotatable bonds is 8. The third-order valence-electron chi connectivity index (χ3n) is 5.36. The zero-order chi connectivity index (χ0) is 24.1. The van der Waals surface area contributed by atoms with Crippen molar-refractivity contribution in [3.8, 4) is 11.1 Å². The number of H-pyrrole nitrogens is 1. The van der Waals surface area contributed by atoms with Crippen LogP contribution >= 0.6 is 0 Å². The highest BCUT2D eigenvalue weighted by atomic mass is 32.2. The number of aromatic nitrogens is 1. The minimum Gasteiger partial charge on any atom is -0.444 e. The Kier molecular flexibility index (Phi) is 7.00. The van der Waals surface area contributed by atoms with E-state index in [2.05, 4.69) is 10.3 Å². The smallest absolute Gasteiger partial charge is 0.413 e. The number of aryl methyl sites for hydroxylation is 1. The van der Waals surface area contributed by atoms with Crippen molar-refractivity contribution in [1.29, 1.82) is 0 Å². The van der Waals surface area contributed by atoms with E-state index in [1.165, 1.54) is 6.07 Å². The van der Waals surface area contributed by atoms with Crippen LogP contribution in [-0.4, -0.2) is 26.1 Å². The van der Waals surface area contributed by atoms with Gasteiger partial charge in [0.05, 0.1) is 11.5 Å². The maximum atomic E-state index is 12.7. The minimum atomic E-state index is -3.90. The van der Waals surface area contributed by atoms with E-state index in [4.69, 9.17) is 8.92 Å². The number of hydrogen-bond donors (Lipinski definition) is 2. The summed E-state index contributed by atoms with van der Waals surface area (Å²) in [5.74, 6) is 0.423. The molecule has 0 aliphatic rings. The van der Waals surface area contributed by atoms with Crippen LogP contribution in [0.2, 0.25) is 0 Å². The summed E-state index contributed by atoms with van der Waals surface area (Å²) in [6.45, 7) is 3.97. The van der Waals surface area contributed by atoms with E-state index in [-0.39, 0.29) is 18.1 Å². The molecular formula is C26H26N2O5S. The van der Waals surface area contributed by atoms with Gasteiger partial charge in [0.15, 0.2) is 0 Å². The van der Waals surface area contributed by atoms with Crippen molar-refractivity contribution in [2.24, 2.45) is 0 Å². The molecule has 3 aromatic carbocycles. The molecule has 34 heavy (non-hydrogen) atoms. The van der Waals surface area contributed by atoms with Gasteiger partial charge in [-0.15, -0.1) is 0 Å². The van der Waals surface area contributed by atoms with E-state index < -0.39 is 16.2 Å². The van der Waals surface area contributed by atoms with E-state index in [0.717, 1.165) is 22.0 Å². The summed E-state index contributed by atoms with van der Waals surface area (Å²) in [5, 5.41) is 3.63. The molecule has 0 spiro atoms. The van der Waals surface area contributed by atoms with Crippen LogP contribution in [0, 0.1) is 6.92 Å². The summed E-state index contributed by atoms with van der Waals surface area (Å²) in [4.78, 5) is 15.9. The van der Waals surface area contributed by atoms with Gasteiger partial charge in [-0.2, -0.15) is 8.42 Å². The van der Waals surface area contributed by atoms with Gasteiger partial charge in [-0.05, 0) is 48.2 Å². The second-order valence-electron chi connectivity index (χ2n) is 7.86.